The molecule has 0 radical (unpaired) electrons. The van der Waals surface area contributed by atoms with Crippen LogP contribution in [0.3, 0.4) is 0 Å². The summed E-state index contributed by atoms with van der Waals surface area (Å²) in [7, 11) is 0. The fourth-order valence-corrected chi connectivity index (χ4v) is 3.08. The Labute approximate surface area is 135 Å². The SMILES string of the molecule is Cc1cc(C)c(NC(=O)Cc2ccc(Br)cc2)c(Br)c1. The predicted octanol–water partition coefficient (Wildman–Crippen LogP) is 5.01. The van der Waals surface area contributed by atoms with E-state index in [1.54, 1.807) is 0 Å². The highest BCUT2D eigenvalue weighted by Gasteiger charge is 2.09. The zero-order chi connectivity index (χ0) is 14.7. The summed E-state index contributed by atoms with van der Waals surface area (Å²) in [6.07, 6.45) is 0.368. The minimum Gasteiger partial charge on any atom is -0.325 e. The van der Waals surface area contributed by atoms with Crippen molar-refractivity contribution in [2.45, 2.75) is 20.3 Å². The summed E-state index contributed by atoms with van der Waals surface area (Å²) >= 11 is 6.88. The fraction of sp³-hybridized carbons (Fsp3) is 0.188. The Kier molecular flexibility index (Phi) is 5.00. The van der Waals surface area contributed by atoms with E-state index >= 15 is 0 Å². The van der Waals surface area contributed by atoms with E-state index in [0.717, 1.165) is 25.8 Å². The molecule has 1 amide bonds. The molecular formula is C16H15Br2NO. The fourth-order valence-electron chi connectivity index (χ4n) is 2.05. The third-order valence-electron chi connectivity index (χ3n) is 2.97. The molecule has 0 unspecified atom stereocenters. The Morgan fingerprint density at radius 2 is 1.75 bits per heavy atom. The molecule has 2 rings (SSSR count). The van der Waals surface area contributed by atoms with Crippen molar-refractivity contribution in [1.29, 1.82) is 0 Å². The molecule has 0 aromatic heterocycles. The van der Waals surface area contributed by atoms with Crippen LogP contribution in [-0.4, -0.2) is 5.91 Å². The molecule has 0 fully saturated rings. The molecule has 1 N–H and O–H groups in total. The van der Waals surface area contributed by atoms with E-state index in [9.17, 15) is 4.79 Å². The van der Waals surface area contributed by atoms with Gasteiger partial charge in [-0.25, -0.2) is 0 Å². The topological polar surface area (TPSA) is 29.1 Å². The van der Waals surface area contributed by atoms with Gasteiger partial charge in [-0.05, 0) is 64.7 Å². The number of anilines is 1. The predicted molar refractivity (Wildman–Crippen MR) is 90.1 cm³/mol. The Morgan fingerprint density at radius 1 is 1.10 bits per heavy atom. The van der Waals surface area contributed by atoms with Gasteiger partial charge in [-0.15, -0.1) is 0 Å². The van der Waals surface area contributed by atoms with Crippen molar-refractivity contribution < 1.29 is 4.79 Å². The zero-order valence-electron chi connectivity index (χ0n) is 11.3. The van der Waals surface area contributed by atoms with Gasteiger partial charge in [0.05, 0.1) is 12.1 Å². The maximum Gasteiger partial charge on any atom is 0.228 e. The van der Waals surface area contributed by atoms with E-state index in [0.29, 0.717) is 6.42 Å². The summed E-state index contributed by atoms with van der Waals surface area (Å²) in [5, 5.41) is 2.97. The lowest BCUT2D eigenvalue weighted by molar-refractivity contribution is -0.115. The molecule has 4 heteroatoms. The first-order chi connectivity index (χ1) is 9.45. The quantitative estimate of drug-likeness (QED) is 0.776. The number of halogens is 2. The number of aryl methyl sites for hydroxylation is 2. The van der Waals surface area contributed by atoms with E-state index in [-0.39, 0.29) is 5.91 Å². The summed E-state index contributed by atoms with van der Waals surface area (Å²) in [6.45, 7) is 4.03. The molecule has 0 aliphatic carbocycles. The van der Waals surface area contributed by atoms with Crippen molar-refractivity contribution in [3.05, 3.63) is 62.0 Å². The van der Waals surface area contributed by atoms with Crippen LogP contribution >= 0.6 is 31.9 Å². The molecule has 0 atom stereocenters. The van der Waals surface area contributed by atoms with Gasteiger partial charge in [0, 0.05) is 8.95 Å². The number of amides is 1. The first-order valence-electron chi connectivity index (χ1n) is 6.27. The van der Waals surface area contributed by atoms with E-state index in [1.165, 1.54) is 5.56 Å². The van der Waals surface area contributed by atoms with E-state index in [4.69, 9.17) is 0 Å². The summed E-state index contributed by atoms with van der Waals surface area (Å²) in [5.74, 6) is -0.0139. The lowest BCUT2D eigenvalue weighted by Crippen LogP contribution is -2.15. The van der Waals surface area contributed by atoms with Crippen molar-refractivity contribution in [3.63, 3.8) is 0 Å². The number of hydrogen-bond acceptors (Lipinski definition) is 1. The number of carbonyl (C=O) groups is 1. The maximum atomic E-state index is 12.1. The zero-order valence-corrected chi connectivity index (χ0v) is 14.5. The molecular weight excluding hydrogens is 382 g/mol. The molecule has 0 aliphatic heterocycles. The Balaban J connectivity index is 2.10. The number of carbonyl (C=O) groups excluding carboxylic acids is 1. The summed E-state index contributed by atoms with van der Waals surface area (Å²) < 4.78 is 1.93. The van der Waals surface area contributed by atoms with Gasteiger partial charge in [0.25, 0.3) is 0 Å². The van der Waals surface area contributed by atoms with Crippen LogP contribution in [-0.2, 0) is 11.2 Å². The number of benzene rings is 2. The van der Waals surface area contributed by atoms with Crippen LogP contribution in [0, 0.1) is 13.8 Å². The largest absolute Gasteiger partial charge is 0.325 e. The molecule has 0 heterocycles. The van der Waals surface area contributed by atoms with Crippen LogP contribution in [0.25, 0.3) is 0 Å². The highest BCUT2D eigenvalue weighted by molar-refractivity contribution is 9.10. The number of hydrogen-bond donors (Lipinski definition) is 1. The van der Waals surface area contributed by atoms with Crippen LogP contribution in [0.5, 0.6) is 0 Å². The van der Waals surface area contributed by atoms with Crippen molar-refractivity contribution in [2.24, 2.45) is 0 Å². The summed E-state index contributed by atoms with van der Waals surface area (Å²) in [4.78, 5) is 12.1. The standard InChI is InChI=1S/C16H15Br2NO/c1-10-7-11(2)16(14(18)8-10)19-15(20)9-12-3-5-13(17)6-4-12/h3-8H,9H2,1-2H3,(H,19,20). The maximum absolute atomic E-state index is 12.1. The third kappa shape index (κ3) is 3.93. The van der Waals surface area contributed by atoms with E-state index in [1.807, 2.05) is 44.2 Å². The molecule has 0 saturated heterocycles. The highest BCUT2D eigenvalue weighted by Crippen LogP contribution is 2.27. The van der Waals surface area contributed by atoms with Gasteiger partial charge in [0.15, 0.2) is 0 Å². The molecule has 2 aromatic rings. The second-order valence-electron chi connectivity index (χ2n) is 4.79. The third-order valence-corrected chi connectivity index (χ3v) is 4.13. The van der Waals surface area contributed by atoms with Crippen molar-refractivity contribution in [2.75, 3.05) is 5.32 Å². The Morgan fingerprint density at radius 3 is 2.35 bits per heavy atom. The van der Waals surface area contributed by atoms with E-state index < -0.39 is 0 Å². The van der Waals surface area contributed by atoms with Gasteiger partial charge >= 0.3 is 0 Å². The Hall–Kier alpha value is -1.13. The molecule has 20 heavy (non-hydrogen) atoms. The molecule has 0 aliphatic rings. The monoisotopic (exact) mass is 395 g/mol. The minimum absolute atomic E-state index is 0.0139. The Bertz CT molecular complexity index is 612. The smallest absolute Gasteiger partial charge is 0.228 e. The lowest BCUT2D eigenvalue weighted by Gasteiger charge is -2.12. The molecule has 0 saturated carbocycles. The lowest BCUT2D eigenvalue weighted by atomic mass is 10.1. The highest BCUT2D eigenvalue weighted by atomic mass is 79.9. The van der Waals surface area contributed by atoms with Crippen LogP contribution in [0.4, 0.5) is 5.69 Å². The minimum atomic E-state index is -0.0139. The molecule has 104 valence electrons. The summed E-state index contributed by atoms with van der Waals surface area (Å²) in [5.41, 5.74) is 4.06. The van der Waals surface area contributed by atoms with Crippen molar-refractivity contribution in [1.82, 2.24) is 0 Å². The average Bonchev–Trinajstić information content (AvgIpc) is 2.36. The normalized spacial score (nSPS) is 10.4. The van der Waals surface area contributed by atoms with Gasteiger partial charge in [0.1, 0.15) is 0 Å². The van der Waals surface area contributed by atoms with Crippen LogP contribution in [0.2, 0.25) is 0 Å². The van der Waals surface area contributed by atoms with E-state index in [2.05, 4.69) is 43.2 Å². The second-order valence-corrected chi connectivity index (χ2v) is 6.56. The van der Waals surface area contributed by atoms with Crippen molar-refractivity contribution >= 4 is 43.5 Å². The van der Waals surface area contributed by atoms with Crippen LogP contribution < -0.4 is 5.32 Å². The molecule has 0 bridgehead atoms. The number of nitrogens with one attached hydrogen (secondary N) is 1. The second kappa shape index (κ2) is 6.55. The summed E-state index contributed by atoms with van der Waals surface area (Å²) in [6, 6.07) is 11.8. The van der Waals surface area contributed by atoms with Gasteiger partial charge in [-0.3, -0.25) is 4.79 Å². The molecule has 2 nitrogen and oxygen atoms in total. The van der Waals surface area contributed by atoms with Gasteiger partial charge in [0.2, 0.25) is 5.91 Å². The number of rotatable bonds is 3. The van der Waals surface area contributed by atoms with Crippen LogP contribution in [0.15, 0.2) is 45.3 Å². The average molecular weight is 397 g/mol. The van der Waals surface area contributed by atoms with Crippen LogP contribution in [0.1, 0.15) is 16.7 Å². The molecule has 0 spiro atoms. The van der Waals surface area contributed by atoms with Gasteiger partial charge in [-0.2, -0.15) is 0 Å². The van der Waals surface area contributed by atoms with Crippen molar-refractivity contribution in [3.8, 4) is 0 Å². The first-order valence-corrected chi connectivity index (χ1v) is 7.85. The molecule has 2 aromatic carbocycles. The van der Waals surface area contributed by atoms with Gasteiger partial charge < -0.3 is 5.32 Å². The first kappa shape index (κ1) is 15.3. The van der Waals surface area contributed by atoms with Gasteiger partial charge in [-0.1, -0.05) is 34.1 Å².